The molecule has 23 heavy (non-hydrogen) atoms. The van der Waals surface area contributed by atoms with Gasteiger partial charge in [-0.25, -0.2) is 0 Å². The highest BCUT2D eigenvalue weighted by molar-refractivity contribution is 5.83. The second-order valence-corrected chi connectivity index (χ2v) is 5.89. The lowest BCUT2D eigenvalue weighted by Crippen LogP contribution is -2.49. The molecule has 0 saturated heterocycles. The van der Waals surface area contributed by atoms with Crippen molar-refractivity contribution in [3.63, 3.8) is 0 Å². The number of hydrogen-bond donors (Lipinski definition) is 3. The lowest BCUT2D eigenvalue weighted by Gasteiger charge is -2.22. The van der Waals surface area contributed by atoms with Crippen LogP contribution in [0.2, 0.25) is 0 Å². The molecule has 0 aromatic heterocycles. The molecule has 0 heterocycles. The second kappa shape index (κ2) is 9.30. The van der Waals surface area contributed by atoms with Gasteiger partial charge in [0.05, 0.1) is 12.1 Å². The van der Waals surface area contributed by atoms with Crippen LogP contribution in [-0.2, 0) is 16.0 Å². The van der Waals surface area contributed by atoms with Crippen LogP contribution in [0.25, 0.3) is 0 Å². The van der Waals surface area contributed by atoms with E-state index in [0.717, 1.165) is 18.4 Å². The molecule has 0 saturated carbocycles. The predicted molar refractivity (Wildman–Crippen MR) is 91.3 cm³/mol. The van der Waals surface area contributed by atoms with Crippen LogP contribution in [0.15, 0.2) is 24.3 Å². The third-order valence-electron chi connectivity index (χ3n) is 3.97. The van der Waals surface area contributed by atoms with Crippen molar-refractivity contribution in [1.82, 2.24) is 10.6 Å². The number of carbonyl (C=O) groups excluding carboxylic acids is 1. The van der Waals surface area contributed by atoms with E-state index in [9.17, 15) is 9.59 Å². The lowest BCUT2D eigenvalue weighted by molar-refractivity contribution is -0.140. The Bertz CT molecular complexity index is 514. The number of aliphatic carboxylic acids is 1. The largest absolute Gasteiger partial charge is 0.480 e. The Hall–Kier alpha value is -1.88. The molecule has 0 aliphatic heterocycles. The minimum absolute atomic E-state index is 0.118. The van der Waals surface area contributed by atoms with Gasteiger partial charge in [-0.3, -0.25) is 14.9 Å². The molecule has 5 nitrogen and oxygen atoms in total. The summed E-state index contributed by atoms with van der Waals surface area (Å²) in [6.07, 6.45) is 2.23. The summed E-state index contributed by atoms with van der Waals surface area (Å²) < 4.78 is 0. The Morgan fingerprint density at radius 1 is 1.13 bits per heavy atom. The standard InChI is InChI=1S/C18H28N2O3/c1-5-7-16(18(22)23)19-13(4)17(21)20-12(3)15-10-8-14(6-2)9-11-15/h8-13,16,19H,5-7H2,1-4H3,(H,20,21)(H,22,23). The molecule has 0 fully saturated rings. The van der Waals surface area contributed by atoms with Crippen molar-refractivity contribution < 1.29 is 14.7 Å². The zero-order valence-electron chi connectivity index (χ0n) is 14.4. The summed E-state index contributed by atoms with van der Waals surface area (Å²) in [5.74, 6) is -1.12. The monoisotopic (exact) mass is 320 g/mol. The molecule has 1 aromatic rings. The van der Waals surface area contributed by atoms with Crippen molar-refractivity contribution in [1.29, 1.82) is 0 Å². The maximum Gasteiger partial charge on any atom is 0.320 e. The summed E-state index contributed by atoms with van der Waals surface area (Å²) in [5, 5.41) is 15.0. The van der Waals surface area contributed by atoms with E-state index >= 15 is 0 Å². The molecule has 5 heteroatoms. The van der Waals surface area contributed by atoms with Gasteiger partial charge in [0, 0.05) is 0 Å². The molecule has 0 aliphatic rings. The van der Waals surface area contributed by atoms with Crippen molar-refractivity contribution in [2.45, 2.75) is 65.1 Å². The molecule has 3 atom stereocenters. The topological polar surface area (TPSA) is 78.4 Å². The van der Waals surface area contributed by atoms with Gasteiger partial charge in [0.25, 0.3) is 0 Å². The molecular weight excluding hydrogens is 292 g/mol. The molecule has 0 aliphatic carbocycles. The molecule has 0 spiro atoms. The fourth-order valence-corrected chi connectivity index (χ4v) is 2.41. The molecular formula is C18H28N2O3. The normalized spacial score (nSPS) is 14.8. The van der Waals surface area contributed by atoms with Crippen LogP contribution in [0.5, 0.6) is 0 Å². The van der Waals surface area contributed by atoms with Crippen LogP contribution in [0.3, 0.4) is 0 Å². The quantitative estimate of drug-likeness (QED) is 0.653. The van der Waals surface area contributed by atoms with E-state index in [1.54, 1.807) is 6.92 Å². The Morgan fingerprint density at radius 3 is 2.22 bits per heavy atom. The number of nitrogens with one attached hydrogen (secondary N) is 2. The molecule has 128 valence electrons. The van der Waals surface area contributed by atoms with Crippen LogP contribution < -0.4 is 10.6 Å². The van der Waals surface area contributed by atoms with Gasteiger partial charge in [-0.15, -0.1) is 0 Å². The summed E-state index contributed by atoms with van der Waals surface area (Å²) >= 11 is 0. The smallest absolute Gasteiger partial charge is 0.320 e. The van der Waals surface area contributed by atoms with Crippen LogP contribution in [0.1, 0.15) is 57.7 Å². The molecule has 1 aromatic carbocycles. The Kier molecular flexibility index (Phi) is 7.75. The summed E-state index contributed by atoms with van der Waals surface area (Å²) in [4.78, 5) is 23.4. The minimum atomic E-state index is -0.922. The Balaban J connectivity index is 2.60. The second-order valence-electron chi connectivity index (χ2n) is 5.89. The predicted octanol–water partition coefficient (Wildman–Crippen LogP) is 2.66. The van der Waals surface area contributed by atoms with Crippen molar-refractivity contribution in [3.05, 3.63) is 35.4 Å². The van der Waals surface area contributed by atoms with E-state index in [0.29, 0.717) is 6.42 Å². The Labute approximate surface area is 138 Å². The number of rotatable bonds is 9. The highest BCUT2D eigenvalue weighted by Crippen LogP contribution is 2.14. The maximum absolute atomic E-state index is 12.2. The lowest BCUT2D eigenvalue weighted by atomic mass is 10.0. The average Bonchev–Trinajstić information content (AvgIpc) is 2.54. The van der Waals surface area contributed by atoms with Gasteiger partial charge in [0.2, 0.25) is 5.91 Å². The Morgan fingerprint density at radius 2 is 1.74 bits per heavy atom. The molecule has 3 N–H and O–H groups in total. The summed E-state index contributed by atoms with van der Waals surface area (Å²) in [6.45, 7) is 7.63. The van der Waals surface area contributed by atoms with Crippen molar-refractivity contribution in [3.8, 4) is 0 Å². The third kappa shape index (κ3) is 6.02. The number of carboxylic acids is 1. The highest BCUT2D eigenvalue weighted by Gasteiger charge is 2.23. The number of benzene rings is 1. The van der Waals surface area contributed by atoms with Gasteiger partial charge in [0.1, 0.15) is 6.04 Å². The van der Waals surface area contributed by atoms with Gasteiger partial charge in [-0.1, -0.05) is 44.5 Å². The first kappa shape index (κ1) is 19.2. The summed E-state index contributed by atoms with van der Waals surface area (Å²) in [6, 6.07) is 6.77. The van der Waals surface area contributed by atoms with E-state index in [4.69, 9.17) is 5.11 Å². The minimum Gasteiger partial charge on any atom is -0.480 e. The molecule has 3 unspecified atom stereocenters. The van der Waals surface area contributed by atoms with E-state index in [2.05, 4.69) is 29.7 Å². The first-order chi connectivity index (χ1) is 10.9. The van der Waals surface area contributed by atoms with E-state index in [-0.39, 0.29) is 11.9 Å². The number of carboxylic acid groups (broad SMARTS) is 1. The van der Waals surface area contributed by atoms with Gasteiger partial charge in [0.15, 0.2) is 0 Å². The highest BCUT2D eigenvalue weighted by atomic mass is 16.4. The summed E-state index contributed by atoms with van der Waals surface area (Å²) in [5.41, 5.74) is 2.29. The van der Waals surface area contributed by atoms with Gasteiger partial charge >= 0.3 is 5.97 Å². The van der Waals surface area contributed by atoms with E-state index in [1.807, 2.05) is 26.0 Å². The van der Waals surface area contributed by atoms with Crippen molar-refractivity contribution in [2.75, 3.05) is 0 Å². The van der Waals surface area contributed by atoms with Gasteiger partial charge < -0.3 is 10.4 Å². The molecule has 1 rings (SSSR count). The van der Waals surface area contributed by atoms with E-state index < -0.39 is 18.1 Å². The van der Waals surface area contributed by atoms with Gasteiger partial charge in [-0.2, -0.15) is 0 Å². The van der Waals surface area contributed by atoms with Crippen LogP contribution in [-0.4, -0.2) is 29.1 Å². The van der Waals surface area contributed by atoms with E-state index in [1.165, 1.54) is 5.56 Å². The van der Waals surface area contributed by atoms with Crippen molar-refractivity contribution in [2.24, 2.45) is 0 Å². The fraction of sp³-hybridized carbons (Fsp3) is 0.556. The molecule has 0 radical (unpaired) electrons. The van der Waals surface area contributed by atoms with Gasteiger partial charge in [-0.05, 0) is 37.8 Å². The molecule has 0 bridgehead atoms. The first-order valence-electron chi connectivity index (χ1n) is 8.27. The molecule has 1 amide bonds. The summed E-state index contributed by atoms with van der Waals surface area (Å²) in [7, 11) is 0. The SMILES string of the molecule is CCCC(NC(C)C(=O)NC(C)c1ccc(CC)cc1)C(=O)O. The fourth-order valence-electron chi connectivity index (χ4n) is 2.41. The number of hydrogen-bond acceptors (Lipinski definition) is 3. The van der Waals surface area contributed by atoms with Crippen LogP contribution >= 0.6 is 0 Å². The van der Waals surface area contributed by atoms with Crippen LogP contribution in [0, 0.1) is 0 Å². The van der Waals surface area contributed by atoms with Crippen LogP contribution in [0.4, 0.5) is 0 Å². The average molecular weight is 320 g/mol. The zero-order chi connectivity index (χ0) is 17.4. The number of aryl methyl sites for hydroxylation is 1. The maximum atomic E-state index is 12.2. The third-order valence-corrected chi connectivity index (χ3v) is 3.97. The number of amides is 1. The first-order valence-corrected chi connectivity index (χ1v) is 8.27. The zero-order valence-corrected chi connectivity index (χ0v) is 14.4. The van der Waals surface area contributed by atoms with Crippen molar-refractivity contribution >= 4 is 11.9 Å². The number of carbonyl (C=O) groups is 2.